The lowest BCUT2D eigenvalue weighted by molar-refractivity contribution is -0.167. The molecular weight excluding hydrogens is 1020 g/mol. The van der Waals surface area contributed by atoms with Crippen LogP contribution in [0.4, 0.5) is 0 Å². The Hall–Kier alpha value is -4.71. The minimum Gasteiger partial charge on any atom is -0.462 e. The molecule has 0 saturated heterocycles. The summed E-state index contributed by atoms with van der Waals surface area (Å²) in [4.78, 5) is 38.5. The summed E-state index contributed by atoms with van der Waals surface area (Å²) >= 11 is 0. The molecule has 0 aliphatic carbocycles. The van der Waals surface area contributed by atoms with E-state index < -0.39 is 6.10 Å². The molecule has 0 aromatic rings. The topological polar surface area (TPSA) is 78.9 Å². The van der Waals surface area contributed by atoms with Gasteiger partial charge in [0.25, 0.3) is 0 Å². The molecule has 6 heteroatoms. The molecule has 470 valence electrons. The van der Waals surface area contributed by atoms with Crippen molar-refractivity contribution in [3.8, 4) is 0 Å². The summed E-state index contributed by atoms with van der Waals surface area (Å²) in [5.41, 5.74) is 0. The summed E-state index contributed by atoms with van der Waals surface area (Å²) in [5, 5.41) is 0. The molecule has 0 spiro atoms. The van der Waals surface area contributed by atoms with Crippen LogP contribution in [0.2, 0.25) is 0 Å². The molecule has 0 heterocycles. The van der Waals surface area contributed by atoms with Crippen molar-refractivity contribution in [3.05, 3.63) is 146 Å². The Morgan fingerprint density at radius 3 is 0.735 bits per heavy atom. The molecule has 0 aliphatic rings. The number of carbonyl (C=O) groups is 3. The average molecular weight is 1150 g/mol. The van der Waals surface area contributed by atoms with Gasteiger partial charge in [-0.3, -0.25) is 14.4 Å². The van der Waals surface area contributed by atoms with Gasteiger partial charge < -0.3 is 14.2 Å². The van der Waals surface area contributed by atoms with E-state index in [2.05, 4.69) is 167 Å². The van der Waals surface area contributed by atoms with Crippen molar-refractivity contribution >= 4 is 17.9 Å². The summed E-state index contributed by atoms with van der Waals surface area (Å²) in [6.45, 7) is 6.38. The van der Waals surface area contributed by atoms with Crippen molar-refractivity contribution in [1.29, 1.82) is 0 Å². The fourth-order valence-corrected chi connectivity index (χ4v) is 9.23. The van der Waals surface area contributed by atoms with Gasteiger partial charge in [-0.05, 0) is 141 Å². The van der Waals surface area contributed by atoms with Crippen LogP contribution in [0.3, 0.4) is 0 Å². The zero-order chi connectivity index (χ0) is 59.9. The van der Waals surface area contributed by atoms with Crippen molar-refractivity contribution in [3.63, 3.8) is 0 Å². The van der Waals surface area contributed by atoms with Crippen LogP contribution in [-0.4, -0.2) is 37.2 Å². The summed E-state index contributed by atoms with van der Waals surface area (Å²) in [5.74, 6) is -0.914. The van der Waals surface area contributed by atoms with Crippen LogP contribution in [0, 0.1) is 0 Å². The number of ether oxygens (including phenoxy) is 3. The number of allylic oxidation sites excluding steroid dienone is 24. The first kappa shape index (κ1) is 78.3. The third kappa shape index (κ3) is 68.0. The standard InChI is InChI=1S/C77H126O6/c1-4-7-10-13-16-19-22-25-28-31-34-35-36-37-38-39-40-41-44-46-49-52-55-58-61-64-67-70-76(79)82-73-74(83-77(80)71-68-65-62-59-56-53-50-47-43-33-30-27-24-21-18-15-12-9-6-3)72-81-75(78)69-66-63-60-57-54-51-48-45-42-32-29-26-23-20-17-14-11-8-5-2/h7,9-10,12,16-21,25-30,34-35,37-38,40-41,43,47,74H,4-6,8,11,13-15,22-24,31-33,36,39,42,44-46,48-73H2,1-3H3/b10-7-,12-9-,19-16-,20-17-,21-18-,28-25-,29-26-,30-27-,35-34-,38-37-,41-40-,47-43-. The van der Waals surface area contributed by atoms with E-state index in [1.54, 1.807) is 0 Å². The van der Waals surface area contributed by atoms with Crippen molar-refractivity contribution in [2.24, 2.45) is 0 Å². The molecule has 0 N–H and O–H groups in total. The second kappa shape index (κ2) is 69.8. The molecule has 1 atom stereocenters. The van der Waals surface area contributed by atoms with E-state index >= 15 is 0 Å². The van der Waals surface area contributed by atoms with Gasteiger partial charge in [0.05, 0.1) is 0 Å². The molecule has 0 saturated carbocycles. The Labute approximate surface area is 512 Å². The second-order valence-corrected chi connectivity index (χ2v) is 22.3. The fraction of sp³-hybridized carbons (Fsp3) is 0.649. The first-order valence-corrected chi connectivity index (χ1v) is 34.3. The van der Waals surface area contributed by atoms with Gasteiger partial charge in [0.2, 0.25) is 0 Å². The van der Waals surface area contributed by atoms with Crippen LogP contribution in [0.5, 0.6) is 0 Å². The number of hydrogen-bond acceptors (Lipinski definition) is 6. The van der Waals surface area contributed by atoms with Gasteiger partial charge in [0, 0.05) is 19.3 Å². The quantitative estimate of drug-likeness (QED) is 0.0261. The maximum absolute atomic E-state index is 13.0. The molecule has 0 bridgehead atoms. The third-order valence-corrected chi connectivity index (χ3v) is 14.3. The molecule has 0 radical (unpaired) electrons. The lowest BCUT2D eigenvalue weighted by atomic mass is 10.1. The Bertz CT molecular complexity index is 1800. The highest BCUT2D eigenvalue weighted by Gasteiger charge is 2.19. The molecule has 0 amide bonds. The first-order chi connectivity index (χ1) is 41.0. The maximum Gasteiger partial charge on any atom is 0.306 e. The number of hydrogen-bond donors (Lipinski definition) is 0. The first-order valence-electron chi connectivity index (χ1n) is 34.3. The van der Waals surface area contributed by atoms with Gasteiger partial charge in [0.1, 0.15) is 13.2 Å². The smallest absolute Gasteiger partial charge is 0.306 e. The van der Waals surface area contributed by atoms with Gasteiger partial charge >= 0.3 is 17.9 Å². The average Bonchev–Trinajstić information content (AvgIpc) is 3.50. The van der Waals surface area contributed by atoms with E-state index in [1.165, 1.54) is 116 Å². The number of rotatable bonds is 61. The van der Waals surface area contributed by atoms with Crippen molar-refractivity contribution < 1.29 is 28.6 Å². The molecule has 0 fully saturated rings. The summed E-state index contributed by atoms with van der Waals surface area (Å²) in [6.07, 6.45) is 99.9. The Balaban J connectivity index is 4.43. The largest absolute Gasteiger partial charge is 0.462 e. The monoisotopic (exact) mass is 1150 g/mol. The van der Waals surface area contributed by atoms with Gasteiger partial charge in [-0.25, -0.2) is 0 Å². The lowest BCUT2D eigenvalue weighted by Crippen LogP contribution is -2.30. The van der Waals surface area contributed by atoms with Crippen LogP contribution < -0.4 is 0 Å². The van der Waals surface area contributed by atoms with Crippen LogP contribution in [0.25, 0.3) is 0 Å². The normalized spacial score (nSPS) is 13.0. The molecule has 0 aromatic heterocycles. The zero-order valence-electron chi connectivity index (χ0n) is 53.9. The van der Waals surface area contributed by atoms with Crippen LogP contribution in [0.15, 0.2) is 146 Å². The molecule has 6 nitrogen and oxygen atoms in total. The minimum atomic E-state index is -0.800. The van der Waals surface area contributed by atoms with Crippen LogP contribution in [0.1, 0.15) is 303 Å². The van der Waals surface area contributed by atoms with Crippen LogP contribution in [-0.2, 0) is 28.6 Å². The Morgan fingerprint density at radius 1 is 0.253 bits per heavy atom. The van der Waals surface area contributed by atoms with Gasteiger partial charge in [0.15, 0.2) is 6.10 Å². The highest BCUT2D eigenvalue weighted by Crippen LogP contribution is 2.16. The number of esters is 3. The third-order valence-electron chi connectivity index (χ3n) is 14.3. The highest BCUT2D eigenvalue weighted by atomic mass is 16.6. The SMILES string of the molecule is CC/C=C\C/C=C\C/C=C\C/C=C\C/C=C\C/C=C\CCCCCCCCCCC(=O)OCC(COC(=O)CCCCCCCCCCC/C=C\C/C=C\CCCCC)OC(=O)CCCCCCCC/C=C\C/C=C\C/C=C\C/C=C\CC. The minimum absolute atomic E-state index is 0.0928. The van der Waals surface area contributed by atoms with E-state index in [-0.39, 0.29) is 31.1 Å². The summed E-state index contributed by atoms with van der Waals surface area (Å²) in [6, 6.07) is 0. The summed E-state index contributed by atoms with van der Waals surface area (Å²) in [7, 11) is 0. The van der Waals surface area contributed by atoms with Crippen molar-refractivity contribution in [1.82, 2.24) is 0 Å². The Kier molecular flexibility index (Phi) is 65.8. The van der Waals surface area contributed by atoms with Crippen LogP contribution >= 0.6 is 0 Å². The summed E-state index contributed by atoms with van der Waals surface area (Å²) < 4.78 is 17.0. The maximum atomic E-state index is 13.0. The lowest BCUT2D eigenvalue weighted by Gasteiger charge is -2.18. The van der Waals surface area contributed by atoms with E-state index in [9.17, 15) is 14.4 Å². The number of carbonyl (C=O) groups excluding carboxylic acids is 3. The van der Waals surface area contributed by atoms with E-state index in [1.807, 2.05) is 0 Å². The molecule has 1 unspecified atom stereocenters. The predicted octanol–water partition coefficient (Wildman–Crippen LogP) is 23.9. The van der Waals surface area contributed by atoms with E-state index in [0.717, 1.165) is 148 Å². The van der Waals surface area contributed by atoms with Gasteiger partial charge in [-0.2, -0.15) is 0 Å². The number of unbranched alkanes of at least 4 members (excludes halogenated alkanes) is 26. The van der Waals surface area contributed by atoms with E-state index in [4.69, 9.17) is 14.2 Å². The van der Waals surface area contributed by atoms with E-state index in [0.29, 0.717) is 19.3 Å². The highest BCUT2D eigenvalue weighted by molar-refractivity contribution is 5.71. The fourth-order valence-electron chi connectivity index (χ4n) is 9.23. The van der Waals surface area contributed by atoms with Crippen molar-refractivity contribution in [2.75, 3.05) is 13.2 Å². The molecule has 0 aliphatic heterocycles. The molecule has 0 aromatic carbocycles. The van der Waals surface area contributed by atoms with Gasteiger partial charge in [-0.15, -0.1) is 0 Å². The zero-order valence-corrected chi connectivity index (χ0v) is 53.9. The molecule has 0 rings (SSSR count). The molecular formula is C77H126O6. The predicted molar refractivity (Wildman–Crippen MR) is 362 cm³/mol. The Morgan fingerprint density at radius 2 is 0.470 bits per heavy atom. The molecule has 83 heavy (non-hydrogen) atoms. The van der Waals surface area contributed by atoms with Gasteiger partial charge in [-0.1, -0.05) is 289 Å². The second-order valence-electron chi connectivity index (χ2n) is 22.3. The van der Waals surface area contributed by atoms with Crippen molar-refractivity contribution in [2.45, 2.75) is 309 Å².